The monoisotopic (exact) mass is 587 g/mol. The summed E-state index contributed by atoms with van der Waals surface area (Å²) in [6.45, 7) is 2.64. The van der Waals surface area contributed by atoms with Crippen LogP contribution in [0.4, 0.5) is 0 Å². The van der Waals surface area contributed by atoms with E-state index >= 15 is 0 Å². The van der Waals surface area contributed by atoms with Crippen molar-refractivity contribution in [3.63, 3.8) is 0 Å². The van der Waals surface area contributed by atoms with Crippen LogP contribution in [0.1, 0.15) is 27.7 Å². The Morgan fingerprint density at radius 3 is 1.79 bits per heavy atom. The van der Waals surface area contributed by atoms with Crippen LogP contribution >= 0.6 is 0 Å². The SMILES string of the molecule is CO[C@H]1O[C@H](CNS(=O)(=O)[C@@H]2O[C@H](COC(C)=O)[C@@H](OC(C)=O)[C@H](OC(C)=O)[C@H]2OC(C)=O)[C@@H](O)[C@H](O)[C@H]1O. The lowest BCUT2D eigenvalue weighted by atomic mass is 9.99. The minimum absolute atomic E-state index is 0.645. The van der Waals surface area contributed by atoms with Gasteiger partial charge in [0.15, 0.2) is 24.6 Å². The quantitative estimate of drug-likeness (QED) is 0.143. The van der Waals surface area contributed by atoms with Crippen molar-refractivity contribution in [3.05, 3.63) is 0 Å². The van der Waals surface area contributed by atoms with E-state index in [4.69, 9.17) is 33.2 Å². The first-order valence-electron chi connectivity index (χ1n) is 11.6. The third-order valence-electron chi connectivity index (χ3n) is 5.64. The van der Waals surface area contributed by atoms with E-state index in [-0.39, 0.29) is 0 Å². The number of sulfonamides is 1. The molecule has 0 bridgehead atoms. The molecule has 0 unspecified atom stereocenters. The van der Waals surface area contributed by atoms with Gasteiger partial charge >= 0.3 is 23.9 Å². The second kappa shape index (κ2) is 13.8. The zero-order chi connectivity index (χ0) is 29.7. The van der Waals surface area contributed by atoms with Crippen LogP contribution in [0.3, 0.4) is 0 Å². The summed E-state index contributed by atoms with van der Waals surface area (Å²) in [6.07, 6.45) is -14.6. The Morgan fingerprint density at radius 2 is 1.28 bits per heavy atom. The molecule has 224 valence electrons. The fraction of sp³-hybridized carbons (Fsp3) is 0.810. The van der Waals surface area contributed by atoms with Gasteiger partial charge in [0, 0.05) is 41.3 Å². The average Bonchev–Trinajstić information content (AvgIpc) is 2.82. The zero-order valence-corrected chi connectivity index (χ0v) is 22.6. The van der Waals surface area contributed by atoms with Gasteiger partial charge < -0.3 is 48.5 Å². The van der Waals surface area contributed by atoms with Crippen LogP contribution in [0.15, 0.2) is 0 Å². The summed E-state index contributed by atoms with van der Waals surface area (Å²) in [4.78, 5) is 47.0. The van der Waals surface area contributed by atoms with E-state index in [0.29, 0.717) is 0 Å². The molecule has 0 amide bonds. The van der Waals surface area contributed by atoms with Crippen LogP contribution in [0.25, 0.3) is 0 Å². The smallest absolute Gasteiger partial charge is 0.303 e. The van der Waals surface area contributed by atoms with E-state index in [2.05, 4.69) is 4.72 Å². The van der Waals surface area contributed by atoms with Crippen LogP contribution < -0.4 is 4.72 Å². The third kappa shape index (κ3) is 8.52. The van der Waals surface area contributed by atoms with Gasteiger partial charge in [-0.15, -0.1) is 0 Å². The lowest BCUT2D eigenvalue weighted by Gasteiger charge is -2.44. The molecule has 0 aromatic rings. The molecular formula is C21H33NO16S. The van der Waals surface area contributed by atoms with Gasteiger partial charge in [-0.2, -0.15) is 0 Å². The largest absolute Gasteiger partial charge is 0.463 e. The predicted octanol–water partition coefficient (Wildman–Crippen LogP) is -3.56. The summed E-state index contributed by atoms with van der Waals surface area (Å²) in [7, 11) is -3.60. The highest BCUT2D eigenvalue weighted by Gasteiger charge is 2.56. The number of esters is 4. The first kappa shape index (κ1) is 32.8. The standard InChI is InChI=1S/C21H33NO16S/c1-8(23)33-7-13-17(34-9(2)24)18(35-10(3)25)19(36-11(4)26)21(38-13)39(30,31)22-6-12-14(27)15(28)16(29)20(32-5)37-12/h12-22,27-29H,6-7H2,1-5H3/t12-,13-,14-,15+,16-,17-,18+,19-,20+,21+/m1/s1. The summed E-state index contributed by atoms with van der Waals surface area (Å²) in [6, 6.07) is 0. The summed E-state index contributed by atoms with van der Waals surface area (Å²) < 4.78 is 65.1. The number of carbonyl (C=O) groups is 4. The molecule has 0 spiro atoms. The molecular weight excluding hydrogens is 554 g/mol. The lowest BCUT2D eigenvalue weighted by molar-refractivity contribution is -0.287. The second-order valence-electron chi connectivity index (χ2n) is 8.71. The van der Waals surface area contributed by atoms with Gasteiger partial charge in [0.05, 0.1) is 0 Å². The number of rotatable bonds is 10. The maximum atomic E-state index is 13.4. The number of methoxy groups -OCH3 is 1. The molecule has 2 fully saturated rings. The van der Waals surface area contributed by atoms with Crippen molar-refractivity contribution in [1.82, 2.24) is 4.72 Å². The topological polar surface area (TPSA) is 240 Å². The van der Waals surface area contributed by atoms with Crippen LogP contribution in [-0.2, 0) is 62.4 Å². The summed E-state index contributed by atoms with van der Waals surface area (Å²) in [5, 5.41) is 30.2. The minimum Gasteiger partial charge on any atom is -0.463 e. The molecule has 2 aliphatic heterocycles. The van der Waals surface area contributed by atoms with E-state index in [1.165, 1.54) is 0 Å². The first-order valence-corrected chi connectivity index (χ1v) is 13.1. The Kier molecular flexibility index (Phi) is 11.6. The van der Waals surface area contributed by atoms with Gasteiger partial charge in [-0.25, -0.2) is 13.1 Å². The third-order valence-corrected chi connectivity index (χ3v) is 7.20. The van der Waals surface area contributed by atoms with Crippen LogP contribution in [-0.4, -0.2) is 128 Å². The van der Waals surface area contributed by atoms with Crippen molar-refractivity contribution >= 4 is 33.9 Å². The molecule has 0 aromatic heterocycles. The molecule has 17 nitrogen and oxygen atoms in total. The van der Waals surface area contributed by atoms with E-state index in [9.17, 15) is 42.9 Å². The number of ether oxygens (including phenoxy) is 7. The minimum atomic E-state index is -4.75. The van der Waals surface area contributed by atoms with Crippen molar-refractivity contribution in [2.24, 2.45) is 0 Å². The Labute approximate surface area is 223 Å². The predicted molar refractivity (Wildman–Crippen MR) is 123 cm³/mol. The molecule has 18 heteroatoms. The fourth-order valence-electron chi connectivity index (χ4n) is 4.00. The Hall–Kier alpha value is -2.45. The number of hydrogen-bond acceptors (Lipinski definition) is 16. The Balaban J connectivity index is 2.43. The van der Waals surface area contributed by atoms with E-state index in [0.717, 1.165) is 34.8 Å². The van der Waals surface area contributed by atoms with Crippen molar-refractivity contribution in [1.29, 1.82) is 0 Å². The number of nitrogens with one attached hydrogen (secondary N) is 1. The highest BCUT2D eigenvalue weighted by Crippen LogP contribution is 2.32. The average molecular weight is 588 g/mol. The van der Waals surface area contributed by atoms with Gasteiger partial charge in [0.2, 0.25) is 15.5 Å². The molecule has 0 saturated carbocycles. The lowest BCUT2D eigenvalue weighted by Crippen LogP contribution is -2.66. The van der Waals surface area contributed by atoms with Gasteiger partial charge in [0.25, 0.3) is 0 Å². The van der Waals surface area contributed by atoms with Crippen molar-refractivity contribution in [2.75, 3.05) is 20.3 Å². The highest BCUT2D eigenvalue weighted by molar-refractivity contribution is 7.90. The van der Waals surface area contributed by atoms with Crippen LogP contribution in [0.5, 0.6) is 0 Å². The van der Waals surface area contributed by atoms with Gasteiger partial charge in [0.1, 0.15) is 37.1 Å². The summed E-state index contributed by atoms with van der Waals surface area (Å²) >= 11 is 0. The normalized spacial score (nSPS) is 35.0. The maximum absolute atomic E-state index is 13.4. The molecule has 0 aliphatic carbocycles. The van der Waals surface area contributed by atoms with Gasteiger partial charge in [-0.05, 0) is 0 Å². The molecule has 2 rings (SSSR count). The molecule has 4 N–H and O–H groups in total. The molecule has 2 saturated heterocycles. The fourth-order valence-corrected chi connectivity index (χ4v) is 5.41. The Morgan fingerprint density at radius 1 is 0.744 bits per heavy atom. The number of hydrogen-bond donors (Lipinski definition) is 4. The van der Waals surface area contributed by atoms with Crippen molar-refractivity contribution in [2.45, 2.75) is 88.3 Å². The Bertz CT molecular complexity index is 1000. The van der Waals surface area contributed by atoms with Gasteiger partial charge in [-0.3, -0.25) is 19.2 Å². The molecule has 2 aliphatic rings. The number of carbonyl (C=O) groups excluding carboxylic acids is 4. The molecule has 39 heavy (non-hydrogen) atoms. The molecule has 2 heterocycles. The number of aliphatic hydroxyl groups excluding tert-OH is 3. The van der Waals surface area contributed by atoms with Crippen molar-refractivity contribution in [3.8, 4) is 0 Å². The highest BCUT2D eigenvalue weighted by atomic mass is 32.2. The first-order chi connectivity index (χ1) is 18.1. The van der Waals surface area contributed by atoms with Crippen LogP contribution in [0.2, 0.25) is 0 Å². The molecule has 0 aromatic carbocycles. The molecule has 0 radical (unpaired) electrons. The summed E-state index contributed by atoms with van der Waals surface area (Å²) in [5.41, 5.74) is -2.13. The van der Waals surface area contributed by atoms with E-state index < -0.39 is 108 Å². The second-order valence-corrected chi connectivity index (χ2v) is 10.6. The van der Waals surface area contributed by atoms with Crippen LogP contribution in [0, 0.1) is 0 Å². The van der Waals surface area contributed by atoms with E-state index in [1.807, 2.05) is 0 Å². The van der Waals surface area contributed by atoms with E-state index in [1.54, 1.807) is 0 Å². The van der Waals surface area contributed by atoms with Crippen molar-refractivity contribution < 1.29 is 76.1 Å². The number of aliphatic hydroxyl groups is 3. The van der Waals surface area contributed by atoms with Gasteiger partial charge in [-0.1, -0.05) is 0 Å². The summed E-state index contributed by atoms with van der Waals surface area (Å²) in [5.74, 6) is -3.65. The molecule has 10 atom stereocenters. The maximum Gasteiger partial charge on any atom is 0.303 e. The zero-order valence-electron chi connectivity index (χ0n) is 21.7.